The van der Waals surface area contributed by atoms with Crippen LogP contribution in [0.25, 0.3) is 0 Å². The van der Waals surface area contributed by atoms with E-state index in [1.807, 2.05) is 44.2 Å². The summed E-state index contributed by atoms with van der Waals surface area (Å²) < 4.78 is 10.7. The van der Waals surface area contributed by atoms with Crippen molar-refractivity contribution in [1.29, 1.82) is 0 Å². The zero-order valence-electron chi connectivity index (χ0n) is 15.7. The normalized spacial score (nSPS) is 15.5. The number of pyridine rings is 1. The van der Waals surface area contributed by atoms with Gasteiger partial charge in [0.25, 0.3) is 0 Å². The standard InChI is InChI=1S/C21H26N2O3/c1-4-26-19-12-11-18(15(2)22-19)23-20(24)21(13-5-6-14-21)16-7-9-17(25-3)10-8-16/h7-12H,4-6,13-14H2,1-3H3,(H,23,24). The van der Waals surface area contributed by atoms with Crippen LogP contribution < -0.4 is 14.8 Å². The van der Waals surface area contributed by atoms with Gasteiger partial charge in [-0.3, -0.25) is 4.79 Å². The monoisotopic (exact) mass is 354 g/mol. The molecule has 26 heavy (non-hydrogen) atoms. The quantitative estimate of drug-likeness (QED) is 0.842. The number of methoxy groups -OCH3 is 1. The van der Waals surface area contributed by atoms with Gasteiger partial charge in [0, 0.05) is 6.07 Å². The molecule has 138 valence electrons. The lowest BCUT2D eigenvalue weighted by atomic mass is 9.78. The van der Waals surface area contributed by atoms with Gasteiger partial charge in [-0.05, 0) is 50.5 Å². The van der Waals surface area contributed by atoms with Crippen LogP contribution >= 0.6 is 0 Å². The molecule has 1 aliphatic carbocycles. The van der Waals surface area contributed by atoms with Crippen molar-refractivity contribution in [2.75, 3.05) is 19.0 Å². The number of carbonyl (C=O) groups excluding carboxylic acids is 1. The van der Waals surface area contributed by atoms with E-state index < -0.39 is 5.41 Å². The van der Waals surface area contributed by atoms with Crippen LogP contribution in [-0.2, 0) is 10.2 Å². The first-order valence-corrected chi connectivity index (χ1v) is 9.15. The largest absolute Gasteiger partial charge is 0.497 e. The molecule has 0 aliphatic heterocycles. The van der Waals surface area contributed by atoms with Gasteiger partial charge in [0.1, 0.15) is 5.75 Å². The molecule has 1 aliphatic rings. The van der Waals surface area contributed by atoms with E-state index in [4.69, 9.17) is 9.47 Å². The minimum Gasteiger partial charge on any atom is -0.497 e. The van der Waals surface area contributed by atoms with Crippen molar-refractivity contribution < 1.29 is 14.3 Å². The van der Waals surface area contributed by atoms with E-state index in [2.05, 4.69) is 10.3 Å². The zero-order valence-corrected chi connectivity index (χ0v) is 15.7. The first kappa shape index (κ1) is 18.2. The van der Waals surface area contributed by atoms with Crippen molar-refractivity contribution >= 4 is 11.6 Å². The van der Waals surface area contributed by atoms with Gasteiger partial charge in [-0.25, -0.2) is 4.98 Å². The second-order valence-corrected chi connectivity index (χ2v) is 6.69. The molecule has 1 fully saturated rings. The molecular formula is C21H26N2O3. The topological polar surface area (TPSA) is 60.5 Å². The lowest BCUT2D eigenvalue weighted by Crippen LogP contribution is -2.38. The Balaban J connectivity index is 1.85. The number of carbonyl (C=O) groups is 1. The summed E-state index contributed by atoms with van der Waals surface area (Å²) in [6.45, 7) is 4.37. The van der Waals surface area contributed by atoms with Crippen LogP contribution in [0.5, 0.6) is 11.6 Å². The average Bonchev–Trinajstić information content (AvgIpc) is 3.15. The summed E-state index contributed by atoms with van der Waals surface area (Å²) in [5, 5.41) is 3.10. The fourth-order valence-corrected chi connectivity index (χ4v) is 3.68. The highest BCUT2D eigenvalue weighted by Crippen LogP contribution is 2.42. The van der Waals surface area contributed by atoms with E-state index in [9.17, 15) is 4.79 Å². The van der Waals surface area contributed by atoms with E-state index in [1.165, 1.54) is 0 Å². The Morgan fingerprint density at radius 1 is 1.15 bits per heavy atom. The number of nitrogens with one attached hydrogen (secondary N) is 1. The maximum absolute atomic E-state index is 13.3. The maximum atomic E-state index is 13.3. The maximum Gasteiger partial charge on any atom is 0.235 e. The van der Waals surface area contributed by atoms with Crippen LogP contribution in [0.2, 0.25) is 0 Å². The number of benzene rings is 1. The van der Waals surface area contributed by atoms with Gasteiger partial charge in [-0.15, -0.1) is 0 Å². The third-order valence-electron chi connectivity index (χ3n) is 5.14. The van der Waals surface area contributed by atoms with Crippen molar-refractivity contribution in [3.63, 3.8) is 0 Å². The highest BCUT2D eigenvalue weighted by molar-refractivity contribution is 5.99. The van der Waals surface area contributed by atoms with Crippen molar-refractivity contribution in [2.45, 2.75) is 44.9 Å². The molecule has 0 unspecified atom stereocenters. The van der Waals surface area contributed by atoms with E-state index >= 15 is 0 Å². The fourth-order valence-electron chi connectivity index (χ4n) is 3.68. The predicted octanol–water partition coefficient (Wildman–Crippen LogP) is 4.25. The van der Waals surface area contributed by atoms with Crippen molar-refractivity contribution in [3.8, 4) is 11.6 Å². The van der Waals surface area contributed by atoms with Gasteiger partial charge in [-0.1, -0.05) is 25.0 Å². The Bertz CT molecular complexity index is 765. The summed E-state index contributed by atoms with van der Waals surface area (Å²) in [6, 6.07) is 11.5. The molecule has 0 bridgehead atoms. The molecule has 1 amide bonds. The number of anilines is 1. The number of rotatable bonds is 6. The minimum atomic E-state index is -0.489. The van der Waals surface area contributed by atoms with Crippen LogP contribution in [0.3, 0.4) is 0 Å². The van der Waals surface area contributed by atoms with E-state index in [0.29, 0.717) is 12.5 Å². The van der Waals surface area contributed by atoms with Crippen LogP contribution in [0.15, 0.2) is 36.4 Å². The van der Waals surface area contributed by atoms with Gasteiger partial charge in [0.15, 0.2) is 0 Å². The molecule has 5 heteroatoms. The molecule has 1 N–H and O–H groups in total. The number of amides is 1. The Morgan fingerprint density at radius 2 is 1.85 bits per heavy atom. The zero-order chi connectivity index (χ0) is 18.6. The van der Waals surface area contributed by atoms with Gasteiger partial charge in [0.05, 0.1) is 30.5 Å². The first-order chi connectivity index (χ1) is 12.6. The highest BCUT2D eigenvalue weighted by Gasteiger charge is 2.42. The molecule has 1 aromatic heterocycles. The Labute approximate surface area is 154 Å². The average molecular weight is 354 g/mol. The fraction of sp³-hybridized carbons (Fsp3) is 0.429. The SMILES string of the molecule is CCOc1ccc(NC(=O)C2(c3ccc(OC)cc3)CCCC2)c(C)n1. The Morgan fingerprint density at radius 3 is 2.42 bits per heavy atom. The van der Waals surface area contributed by atoms with Crippen LogP contribution in [0, 0.1) is 6.92 Å². The van der Waals surface area contributed by atoms with Gasteiger partial charge in [-0.2, -0.15) is 0 Å². The molecule has 1 heterocycles. The molecule has 0 atom stereocenters. The van der Waals surface area contributed by atoms with Crippen LogP contribution in [0.1, 0.15) is 43.9 Å². The van der Waals surface area contributed by atoms with Crippen molar-refractivity contribution in [1.82, 2.24) is 4.98 Å². The summed E-state index contributed by atoms with van der Waals surface area (Å²) in [7, 11) is 1.65. The Hall–Kier alpha value is -2.56. The number of aromatic nitrogens is 1. The van der Waals surface area contributed by atoms with E-state index in [-0.39, 0.29) is 5.91 Å². The molecule has 0 spiro atoms. The summed E-state index contributed by atoms with van der Waals surface area (Å²) >= 11 is 0. The number of ether oxygens (including phenoxy) is 2. The lowest BCUT2D eigenvalue weighted by molar-refractivity contribution is -0.121. The van der Waals surface area contributed by atoms with Crippen molar-refractivity contribution in [2.24, 2.45) is 0 Å². The number of aryl methyl sites for hydroxylation is 1. The molecule has 1 saturated carbocycles. The molecule has 5 nitrogen and oxygen atoms in total. The summed E-state index contributed by atoms with van der Waals surface area (Å²) in [6.07, 6.45) is 3.82. The van der Waals surface area contributed by atoms with Crippen LogP contribution in [0.4, 0.5) is 5.69 Å². The molecule has 2 aromatic rings. The summed E-state index contributed by atoms with van der Waals surface area (Å²) in [5.74, 6) is 1.41. The third-order valence-corrected chi connectivity index (χ3v) is 5.14. The highest BCUT2D eigenvalue weighted by atomic mass is 16.5. The molecule has 0 radical (unpaired) electrons. The van der Waals surface area contributed by atoms with Crippen molar-refractivity contribution in [3.05, 3.63) is 47.7 Å². The summed E-state index contributed by atoms with van der Waals surface area (Å²) in [4.78, 5) is 17.7. The van der Waals surface area contributed by atoms with Gasteiger partial charge < -0.3 is 14.8 Å². The summed E-state index contributed by atoms with van der Waals surface area (Å²) in [5.41, 5.74) is 2.05. The molecule has 1 aromatic carbocycles. The van der Waals surface area contributed by atoms with Crippen LogP contribution in [-0.4, -0.2) is 24.6 Å². The van der Waals surface area contributed by atoms with Gasteiger partial charge >= 0.3 is 0 Å². The number of hydrogen-bond acceptors (Lipinski definition) is 4. The molecule has 0 saturated heterocycles. The Kier molecular flexibility index (Phi) is 5.45. The molecular weight excluding hydrogens is 328 g/mol. The lowest BCUT2D eigenvalue weighted by Gasteiger charge is -2.28. The number of hydrogen-bond donors (Lipinski definition) is 1. The third kappa shape index (κ3) is 3.52. The predicted molar refractivity (Wildman–Crippen MR) is 102 cm³/mol. The van der Waals surface area contributed by atoms with Gasteiger partial charge in [0.2, 0.25) is 11.8 Å². The first-order valence-electron chi connectivity index (χ1n) is 9.15. The van der Waals surface area contributed by atoms with E-state index in [1.54, 1.807) is 13.2 Å². The smallest absolute Gasteiger partial charge is 0.235 e. The second kappa shape index (κ2) is 7.77. The number of nitrogens with zero attached hydrogens (tertiary/aromatic N) is 1. The second-order valence-electron chi connectivity index (χ2n) is 6.69. The minimum absolute atomic E-state index is 0.0363. The molecule has 3 rings (SSSR count). The van der Waals surface area contributed by atoms with E-state index in [0.717, 1.165) is 48.4 Å².